The molecule has 1 aromatic carbocycles. The van der Waals surface area contributed by atoms with E-state index in [2.05, 4.69) is 4.90 Å². The number of carbonyl (C=O) groups excluding carboxylic acids is 2. The third kappa shape index (κ3) is 4.31. The molecule has 0 N–H and O–H groups in total. The van der Waals surface area contributed by atoms with Crippen molar-refractivity contribution < 1.29 is 14.3 Å². The molecule has 2 fully saturated rings. The second-order valence-electron chi connectivity index (χ2n) is 6.60. The first-order valence-corrected chi connectivity index (χ1v) is 9.14. The topological polar surface area (TPSA) is 53.1 Å². The van der Waals surface area contributed by atoms with Gasteiger partial charge in [0.2, 0.25) is 11.8 Å². The van der Waals surface area contributed by atoms with Crippen molar-refractivity contribution in [3.8, 4) is 0 Å². The predicted molar refractivity (Wildman–Crippen MR) is 97.9 cm³/mol. The van der Waals surface area contributed by atoms with Gasteiger partial charge in [-0.1, -0.05) is 12.1 Å². The highest BCUT2D eigenvalue weighted by Gasteiger charge is 2.23. The van der Waals surface area contributed by atoms with Gasteiger partial charge in [0, 0.05) is 46.1 Å². The van der Waals surface area contributed by atoms with Crippen LogP contribution in [0.4, 0.5) is 11.4 Å². The monoisotopic (exact) mass is 345 g/mol. The summed E-state index contributed by atoms with van der Waals surface area (Å²) in [6.45, 7) is 6.71. The molecule has 0 aromatic heterocycles. The minimum atomic E-state index is -0.0325. The van der Waals surface area contributed by atoms with Gasteiger partial charge in [-0.25, -0.2) is 0 Å². The molecule has 0 spiro atoms. The lowest BCUT2D eigenvalue weighted by molar-refractivity contribution is -0.129. The molecule has 6 heteroatoms. The number of ether oxygens (including phenoxy) is 1. The zero-order chi connectivity index (χ0) is 17.6. The number of carbonyl (C=O) groups is 2. The van der Waals surface area contributed by atoms with Crippen LogP contribution in [0.25, 0.3) is 0 Å². The van der Waals surface area contributed by atoms with Crippen molar-refractivity contribution in [1.29, 1.82) is 0 Å². The van der Waals surface area contributed by atoms with Gasteiger partial charge in [0.1, 0.15) is 0 Å². The number of morpholine rings is 1. The zero-order valence-corrected chi connectivity index (χ0v) is 14.9. The predicted octanol–water partition coefficient (Wildman–Crippen LogP) is 1.89. The maximum Gasteiger partial charge on any atom is 0.224 e. The summed E-state index contributed by atoms with van der Waals surface area (Å²) in [5.74, 6) is 0.113. The van der Waals surface area contributed by atoms with Crippen molar-refractivity contribution in [3.05, 3.63) is 24.3 Å². The standard InChI is InChI=1S/C19H27N3O3/c1-16(23)22(11-8-19(24)21-9-4-5-10-21)18-7-3-2-6-17(18)20-12-14-25-15-13-20/h2-3,6-7H,4-5,8-15H2,1H3. The summed E-state index contributed by atoms with van der Waals surface area (Å²) in [5, 5.41) is 0. The largest absolute Gasteiger partial charge is 0.378 e. The Morgan fingerprint density at radius 3 is 2.44 bits per heavy atom. The van der Waals surface area contributed by atoms with E-state index in [1.54, 1.807) is 11.8 Å². The molecule has 0 aliphatic carbocycles. The van der Waals surface area contributed by atoms with Crippen molar-refractivity contribution in [2.45, 2.75) is 26.2 Å². The number of hydrogen-bond acceptors (Lipinski definition) is 4. The normalized spacial score (nSPS) is 17.6. The fraction of sp³-hybridized carbons (Fsp3) is 0.579. The van der Waals surface area contributed by atoms with Gasteiger partial charge in [0.15, 0.2) is 0 Å². The number of hydrogen-bond donors (Lipinski definition) is 0. The zero-order valence-electron chi connectivity index (χ0n) is 14.9. The molecular weight excluding hydrogens is 318 g/mol. The van der Waals surface area contributed by atoms with Crippen molar-refractivity contribution in [1.82, 2.24) is 4.90 Å². The number of likely N-dealkylation sites (tertiary alicyclic amines) is 1. The van der Waals surface area contributed by atoms with Crippen molar-refractivity contribution >= 4 is 23.2 Å². The van der Waals surface area contributed by atoms with Crippen LogP contribution in [-0.4, -0.2) is 62.7 Å². The smallest absolute Gasteiger partial charge is 0.224 e. The Labute approximate surface area is 149 Å². The highest BCUT2D eigenvalue weighted by Crippen LogP contribution is 2.30. The Balaban J connectivity index is 1.73. The molecule has 2 aliphatic rings. The molecule has 25 heavy (non-hydrogen) atoms. The minimum absolute atomic E-state index is 0.0325. The number of amides is 2. The van der Waals surface area contributed by atoms with Gasteiger partial charge in [-0.05, 0) is 25.0 Å². The molecule has 2 heterocycles. The molecule has 2 amide bonds. The molecule has 0 radical (unpaired) electrons. The first-order valence-electron chi connectivity index (χ1n) is 9.14. The van der Waals surface area contributed by atoms with Crippen LogP contribution in [-0.2, 0) is 14.3 Å². The van der Waals surface area contributed by atoms with E-state index in [1.807, 2.05) is 29.2 Å². The van der Waals surface area contributed by atoms with E-state index in [0.717, 1.165) is 50.4 Å². The highest BCUT2D eigenvalue weighted by atomic mass is 16.5. The Bertz CT molecular complexity index is 608. The van der Waals surface area contributed by atoms with Gasteiger partial charge in [-0.3, -0.25) is 9.59 Å². The van der Waals surface area contributed by atoms with E-state index in [4.69, 9.17) is 4.74 Å². The second-order valence-corrected chi connectivity index (χ2v) is 6.60. The van der Waals surface area contributed by atoms with Crippen molar-refractivity contribution in [2.24, 2.45) is 0 Å². The number of para-hydroxylation sites is 2. The Hall–Kier alpha value is -2.08. The van der Waals surface area contributed by atoms with Crippen LogP contribution in [0.3, 0.4) is 0 Å². The maximum absolute atomic E-state index is 12.4. The second kappa shape index (κ2) is 8.34. The van der Waals surface area contributed by atoms with E-state index in [-0.39, 0.29) is 11.8 Å². The molecule has 0 unspecified atom stereocenters. The Morgan fingerprint density at radius 1 is 1.08 bits per heavy atom. The van der Waals surface area contributed by atoms with E-state index in [0.29, 0.717) is 26.2 Å². The molecule has 0 atom stereocenters. The minimum Gasteiger partial charge on any atom is -0.378 e. The SMILES string of the molecule is CC(=O)N(CCC(=O)N1CCCC1)c1ccccc1N1CCOCC1. The molecule has 0 bridgehead atoms. The van der Waals surface area contributed by atoms with Gasteiger partial charge < -0.3 is 19.4 Å². The third-order valence-corrected chi connectivity index (χ3v) is 4.91. The number of anilines is 2. The molecule has 2 saturated heterocycles. The average molecular weight is 345 g/mol. The Kier molecular flexibility index (Phi) is 5.91. The van der Waals surface area contributed by atoms with E-state index in [9.17, 15) is 9.59 Å². The summed E-state index contributed by atoms with van der Waals surface area (Å²) in [6.07, 6.45) is 2.54. The first kappa shape index (κ1) is 17.7. The molecule has 6 nitrogen and oxygen atoms in total. The summed E-state index contributed by atoms with van der Waals surface area (Å²) in [7, 11) is 0. The molecule has 3 rings (SSSR count). The van der Waals surface area contributed by atoms with Crippen LogP contribution in [0, 0.1) is 0 Å². The summed E-state index contributed by atoms with van der Waals surface area (Å²) >= 11 is 0. The third-order valence-electron chi connectivity index (χ3n) is 4.91. The summed E-state index contributed by atoms with van der Waals surface area (Å²) in [4.78, 5) is 30.5. The Morgan fingerprint density at radius 2 is 1.76 bits per heavy atom. The van der Waals surface area contributed by atoms with Crippen LogP contribution >= 0.6 is 0 Å². The maximum atomic E-state index is 12.4. The molecule has 0 saturated carbocycles. The molecule has 136 valence electrons. The van der Waals surface area contributed by atoms with Crippen LogP contribution in [0.1, 0.15) is 26.2 Å². The quantitative estimate of drug-likeness (QED) is 0.818. The van der Waals surface area contributed by atoms with Crippen molar-refractivity contribution in [3.63, 3.8) is 0 Å². The fourth-order valence-corrected chi connectivity index (χ4v) is 3.54. The highest BCUT2D eigenvalue weighted by molar-refractivity contribution is 5.96. The van der Waals surface area contributed by atoms with Gasteiger partial charge in [0.25, 0.3) is 0 Å². The van der Waals surface area contributed by atoms with Gasteiger partial charge in [0.05, 0.1) is 24.6 Å². The summed E-state index contributed by atoms with van der Waals surface area (Å²) < 4.78 is 5.43. The first-order chi connectivity index (χ1) is 12.2. The lowest BCUT2D eigenvalue weighted by Crippen LogP contribution is -2.39. The van der Waals surface area contributed by atoms with E-state index in [1.165, 1.54) is 0 Å². The van der Waals surface area contributed by atoms with E-state index >= 15 is 0 Å². The molecule has 1 aromatic rings. The lowest BCUT2D eigenvalue weighted by atomic mass is 10.2. The number of benzene rings is 1. The molecular formula is C19H27N3O3. The van der Waals surface area contributed by atoms with Crippen molar-refractivity contribution in [2.75, 3.05) is 55.7 Å². The van der Waals surface area contributed by atoms with Crippen LogP contribution < -0.4 is 9.80 Å². The summed E-state index contributed by atoms with van der Waals surface area (Å²) in [5.41, 5.74) is 1.92. The lowest BCUT2D eigenvalue weighted by Gasteiger charge is -2.33. The van der Waals surface area contributed by atoms with Crippen LogP contribution in [0.5, 0.6) is 0 Å². The van der Waals surface area contributed by atoms with Gasteiger partial charge >= 0.3 is 0 Å². The number of nitrogens with zero attached hydrogens (tertiary/aromatic N) is 3. The van der Waals surface area contributed by atoms with E-state index < -0.39 is 0 Å². The molecule has 2 aliphatic heterocycles. The summed E-state index contributed by atoms with van der Waals surface area (Å²) in [6, 6.07) is 7.94. The van der Waals surface area contributed by atoms with Gasteiger partial charge in [-0.2, -0.15) is 0 Å². The van der Waals surface area contributed by atoms with Gasteiger partial charge in [-0.15, -0.1) is 0 Å². The number of rotatable bonds is 5. The average Bonchev–Trinajstić information content (AvgIpc) is 3.17. The fourth-order valence-electron chi connectivity index (χ4n) is 3.54. The van der Waals surface area contributed by atoms with Crippen LogP contribution in [0.15, 0.2) is 24.3 Å². The van der Waals surface area contributed by atoms with Crippen LogP contribution in [0.2, 0.25) is 0 Å².